The Bertz CT molecular complexity index is 176. The van der Waals surface area contributed by atoms with Crippen molar-refractivity contribution in [3.63, 3.8) is 0 Å². The molecule has 0 fully saturated rings. The predicted molar refractivity (Wildman–Crippen MR) is 42.6 cm³/mol. The van der Waals surface area contributed by atoms with Crippen LogP contribution in [0.3, 0.4) is 0 Å². The van der Waals surface area contributed by atoms with Gasteiger partial charge in [0.05, 0.1) is 5.92 Å². The number of carbonyl (C=O) groups excluding carboxylic acids is 1. The molecule has 12 heavy (non-hydrogen) atoms. The van der Waals surface area contributed by atoms with Crippen LogP contribution in [0.5, 0.6) is 0 Å². The van der Waals surface area contributed by atoms with Gasteiger partial charge in [0.1, 0.15) is 0 Å². The van der Waals surface area contributed by atoms with Crippen LogP contribution >= 0.6 is 0 Å². The fraction of sp³-hybridized carbons (Fsp3) is 0.750. The minimum atomic E-state index is -1.12. The van der Waals surface area contributed by atoms with Crippen molar-refractivity contribution in [2.45, 2.75) is 33.3 Å². The number of hydrogen-bond donors (Lipinski definition) is 1. The second-order valence-electron chi connectivity index (χ2n) is 2.73. The molecule has 0 spiro atoms. The van der Waals surface area contributed by atoms with Crippen molar-refractivity contribution in [3.05, 3.63) is 0 Å². The second-order valence-corrected chi connectivity index (χ2v) is 2.73. The van der Waals surface area contributed by atoms with E-state index in [9.17, 15) is 9.59 Å². The molecule has 0 saturated carbocycles. The molecular weight excluding hydrogens is 160 g/mol. The molecule has 0 rings (SSSR count). The standard InChI is InChI=1S/C8H14O4/c1-4-5(2)8(11)12-6(3)7(9)10/h5-6H,4H2,1-3H3,(H,9,10). The van der Waals surface area contributed by atoms with E-state index in [1.807, 2.05) is 6.92 Å². The van der Waals surface area contributed by atoms with Gasteiger partial charge in [-0.25, -0.2) is 4.79 Å². The van der Waals surface area contributed by atoms with Crippen LogP contribution in [-0.4, -0.2) is 23.1 Å². The fourth-order valence-electron chi connectivity index (χ4n) is 0.507. The van der Waals surface area contributed by atoms with Crippen LogP contribution < -0.4 is 0 Å². The third-order valence-corrected chi connectivity index (χ3v) is 1.66. The Morgan fingerprint density at radius 1 is 1.42 bits per heavy atom. The molecule has 1 N–H and O–H groups in total. The van der Waals surface area contributed by atoms with E-state index in [1.54, 1.807) is 6.92 Å². The monoisotopic (exact) mass is 174 g/mol. The molecule has 0 bridgehead atoms. The number of carboxylic acid groups (broad SMARTS) is 1. The molecule has 0 aliphatic carbocycles. The molecule has 70 valence electrons. The summed E-state index contributed by atoms with van der Waals surface area (Å²) in [7, 11) is 0. The summed E-state index contributed by atoms with van der Waals surface area (Å²) >= 11 is 0. The fourth-order valence-corrected chi connectivity index (χ4v) is 0.507. The number of aliphatic carboxylic acids is 1. The Labute approximate surface area is 71.5 Å². The van der Waals surface area contributed by atoms with Crippen LogP contribution in [0.4, 0.5) is 0 Å². The van der Waals surface area contributed by atoms with Crippen molar-refractivity contribution in [1.82, 2.24) is 0 Å². The van der Waals surface area contributed by atoms with E-state index in [0.717, 1.165) is 0 Å². The van der Waals surface area contributed by atoms with E-state index in [0.29, 0.717) is 6.42 Å². The van der Waals surface area contributed by atoms with E-state index in [2.05, 4.69) is 4.74 Å². The van der Waals surface area contributed by atoms with Gasteiger partial charge in [0, 0.05) is 0 Å². The van der Waals surface area contributed by atoms with Crippen molar-refractivity contribution >= 4 is 11.9 Å². The van der Waals surface area contributed by atoms with Gasteiger partial charge in [-0.3, -0.25) is 4.79 Å². The van der Waals surface area contributed by atoms with Gasteiger partial charge >= 0.3 is 11.9 Å². The van der Waals surface area contributed by atoms with E-state index < -0.39 is 18.0 Å². The van der Waals surface area contributed by atoms with Gasteiger partial charge in [-0.1, -0.05) is 13.8 Å². The van der Waals surface area contributed by atoms with Gasteiger partial charge in [0.15, 0.2) is 6.10 Å². The van der Waals surface area contributed by atoms with Crippen LogP contribution in [0.25, 0.3) is 0 Å². The quantitative estimate of drug-likeness (QED) is 0.647. The van der Waals surface area contributed by atoms with Crippen LogP contribution in [0, 0.1) is 5.92 Å². The zero-order valence-corrected chi connectivity index (χ0v) is 7.53. The predicted octanol–water partition coefficient (Wildman–Crippen LogP) is 1.05. The highest BCUT2D eigenvalue weighted by atomic mass is 16.6. The Kier molecular flexibility index (Phi) is 4.33. The minimum absolute atomic E-state index is 0.230. The van der Waals surface area contributed by atoms with Crippen LogP contribution in [0.1, 0.15) is 27.2 Å². The van der Waals surface area contributed by atoms with Gasteiger partial charge in [-0.05, 0) is 13.3 Å². The topological polar surface area (TPSA) is 63.6 Å². The smallest absolute Gasteiger partial charge is 0.344 e. The van der Waals surface area contributed by atoms with Gasteiger partial charge < -0.3 is 9.84 Å². The molecule has 2 atom stereocenters. The third-order valence-electron chi connectivity index (χ3n) is 1.66. The molecule has 4 heteroatoms. The number of ether oxygens (including phenoxy) is 1. The van der Waals surface area contributed by atoms with Crippen LogP contribution in [0.2, 0.25) is 0 Å². The summed E-state index contributed by atoms with van der Waals surface area (Å²) < 4.78 is 4.63. The Morgan fingerprint density at radius 3 is 2.25 bits per heavy atom. The SMILES string of the molecule is CCC(C)C(=O)OC(C)C(=O)O. The lowest BCUT2D eigenvalue weighted by Crippen LogP contribution is -2.26. The summed E-state index contributed by atoms with van der Waals surface area (Å²) in [6.07, 6.45) is -0.392. The summed E-state index contributed by atoms with van der Waals surface area (Å²) in [5, 5.41) is 8.41. The zero-order chi connectivity index (χ0) is 9.72. The van der Waals surface area contributed by atoms with Gasteiger partial charge in [-0.15, -0.1) is 0 Å². The first kappa shape index (κ1) is 10.9. The Hall–Kier alpha value is -1.06. The molecule has 0 saturated heterocycles. The third kappa shape index (κ3) is 3.37. The van der Waals surface area contributed by atoms with E-state index >= 15 is 0 Å². The number of carbonyl (C=O) groups is 2. The van der Waals surface area contributed by atoms with Gasteiger partial charge in [0.25, 0.3) is 0 Å². The summed E-state index contributed by atoms with van der Waals surface area (Å²) in [6, 6.07) is 0. The zero-order valence-electron chi connectivity index (χ0n) is 7.53. The first-order valence-electron chi connectivity index (χ1n) is 3.92. The van der Waals surface area contributed by atoms with Crippen molar-refractivity contribution in [2.75, 3.05) is 0 Å². The van der Waals surface area contributed by atoms with Gasteiger partial charge in [-0.2, -0.15) is 0 Å². The average Bonchev–Trinajstić information content (AvgIpc) is 2.02. The maximum atomic E-state index is 11.0. The van der Waals surface area contributed by atoms with E-state index in [1.165, 1.54) is 6.92 Å². The number of rotatable bonds is 4. The normalized spacial score (nSPS) is 14.9. The van der Waals surface area contributed by atoms with Gasteiger partial charge in [0.2, 0.25) is 0 Å². The second kappa shape index (κ2) is 4.74. The van der Waals surface area contributed by atoms with Crippen molar-refractivity contribution < 1.29 is 19.4 Å². The lowest BCUT2D eigenvalue weighted by atomic mass is 10.1. The number of hydrogen-bond acceptors (Lipinski definition) is 3. The van der Waals surface area contributed by atoms with Crippen molar-refractivity contribution in [2.24, 2.45) is 5.92 Å². The highest BCUT2D eigenvalue weighted by Gasteiger charge is 2.19. The first-order chi connectivity index (χ1) is 5.49. The van der Waals surface area contributed by atoms with Crippen molar-refractivity contribution in [3.8, 4) is 0 Å². The maximum absolute atomic E-state index is 11.0. The highest BCUT2D eigenvalue weighted by molar-refractivity contribution is 5.78. The summed E-state index contributed by atoms with van der Waals surface area (Å²) in [4.78, 5) is 21.3. The first-order valence-corrected chi connectivity index (χ1v) is 3.92. The van der Waals surface area contributed by atoms with Crippen molar-refractivity contribution in [1.29, 1.82) is 0 Å². The molecule has 0 aromatic rings. The number of carboxylic acids is 1. The molecule has 0 aromatic carbocycles. The average molecular weight is 174 g/mol. The van der Waals surface area contributed by atoms with E-state index in [4.69, 9.17) is 5.11 Å². The maximum Gasteiger partial charge on any atom is 0.344 e. The lowest BCUT2D eigenvalue weighted by Gasteiger charge is -2.11. The molecule has 2 unspecified atom stereocenters. The summed E-state index contributed by atoms with van der Waals surface area (Å²) in [5.41, 5.74) is 0. The van der Waals surface area contributed by atoms with E-state index in [-0.39, 0.29) is 5.92 Å². The molecule has 4 nitrogen and oxygen atoms in total. The molecular formula is C8H14O4. The minimum Gasteiger partial charge on any atom is -0.479 e. The Morgan fingerprint density at radius 2 is 1.92 bits per heavy atom. The molecule has 0 aliphatic heterocycles. The molecule has 0 radical (unpaired) electrons. The molecule has 0 amide bonds. The van der Waals surface area contributed by atoms with Crippen LogP contribution in [0.15, 0.2) is 0 Å². The van der Waals surface area contributed by atoms with Crippen LogP contribution in [-0.2, 0) is 14.3 Å². The highest BCUT2D eigenvalue weighted by Crippen LogP contribution is 2.05. The summed E-state index contributed by atoms with van der Waals surface area (Å²) in [5.74, 6) is -1.80. The molecule has 0 aliphatic rings. The molecule has 0 aromatic heterocycles. The number of esters is 1. The lowest BCUT2D eigenvalue weighted by molar-refractivity contribution is -0.165. The summed E-state index contributed by atoms with van der Waals surface area (Å²) in [6.45, 7) is 4.89. The Balaban J connectivity index is 3.92. The largest absolute Gasteiger partial charge is 0.479 e. The molecule has 0 heterocycles.